The summed E-state index contributed by atoms with van der Waals surface area (Å²) in [6.45, 7) is 5.93. The molecule has 0 spiro atoms. The zero-order valence-corrected chi connectivity index (χ0v) is 17.1. The van der Waals surface area contributed by atoms with Crippen LogP contribution in [0.15, 0.2) is 54.7 Å². The van der Waals surface area contributed by atoms with Crippen molar-refractivity contribution in [3.63, 3.8) is 0 Å². The molecule has 1 aromatic carbocycles. The van der Waals surface area contributed by atoms with Crippen LogP contribution in [0.5, 0.6) is 0 Å². The number of amides is 2. The molecule has 3 rings (SSSR count). The highest BCUT2D eigenvalue weighted by atomic mass is 32.2. The monoisotopic (exact) mass is 399 g/mol. The standard InChI is InChI=1S/C21H25N3O3S/c1-21(2,3)27-20(26)24-13-14-28-19(24)18(25)23-17(15-9-5-4-6-10-15)16-11-7-8-12-22-16/h4-12,17,19H,13-14H2,1-3H3,(H,23,25)/t17?,19-/m0/s1. The van der Waals surface area contributed by atoms with Crippen LogP contribution < -0.4 is 5.32 Å². The van der Waals surface area contributed by atoms with E-state index in [1.165, 1.54) is 16.7 Å². The minimum Gasteiger partial charge on any atom is -0.444 e. The highest BCUT2D eigenvalue weighted by Crippen LogP contribution is 2.28. The van der Waals surface area contributed by atoms with E-state index in [1.54, 1.807) is 6.20 Å². The first kappa shape index (κ1) is 20.2. The fourth-order valence-corrected chi connectivity index (χ4v) is 4.04. The molecule has 1 aliphatic heterocycles. The van der Waals surface area contributed by atoms with Crippen molar-refractivity contribution >= 4 is 23.8 Å². The lowest BCUT2D eigenvalue weighted by Crippen LogP contribution is -2.47. The smallest absolute Gasteiger partial charge is 0.411 e. The van der Waals surface area contributed by atoms with E-state index in [1.807, 2.05) is 69.3 Å². The number of ether oxygens (including phenoxy) is 1. The molecule has 1 unspecified atom stereocenters. The number of aromatic nitrogens is 1. The molecular weight excluding hydrogens is 374 g/mol. The molecule has 1 aromatic heterocycles. The molecule has 6 nitrogen and oxygen atoms in total. The van der Waals surface area contributed by atoms with Crippen LogP contribution in [0.25, 0.3) is 0 Å². The maximum atomic E-state index is 13.1. The second-order valence-corrected chi connectivity index (χ2v) is 8.69. The van der Waals surface area contributed by atoms with Crippen LogP contribution in [0.3, 0.4) is 0 Å². The van der Waals surface area contributed by atoms with Gasteiger partial charge in [0.15, 0.2) is 5.37 Å². The first-order valence-corrected chi connectivity index (χ1v) is 10.3. The van der Waals surface area contributed by atoms with Gasteiger partial charge in [-0.3, -0.25) is 14.7 Å². The summed E-state index contributed by atoms with van der Waals surface area (Å²) >= 11 is 1.44. The fraction of sp³-hybridized carbons (Fsp3) is 0.381. The molecule has 2 amide bonds. The van der Waals surface area contributed by atoms with Crippen molar-refractivity contribution in [3.05, 3.63) is 66.0 Å². The van der Waals surface area contributed by atoms with Gasteiger partial charge in [-0.05, 0) is 38.5 Å². The Hall–Kier alpha value is -2.54. The van der Waals surface area contributed by atoms with Crippen LogP contribution in [0.4, 0.5) is 4.79 Å². The second kappa shape index (κ2) is 8.65. The third-order valence-electron chi connectivity index (χ3n) is 4.15. The molecule has 0 aliphatic carbocycles. The molecule has 2 heterocycles. The number of nitrogens with zero attached hydrogens (tertiary/aromatic N) is 2. The van der Waals surface area contributed by atoms with Crippen molar-refractivity contribution in [3.8, 4) is 0 Å². The van der Waals surface area contributed by atoms with Crippen molar-refractivity contribution in [1.82, 2.24) is 15.2 Å². The largest absolute Gasteiger partial charge is 0.444 e. The van der Waals surface area contributed by atoms with Gasteiger partial charge in [0.2, 0.25) is 0 Å². The third kappa shape index (κ3) is 5.04. The Morgan fingerprint density at radius 2 is 1.89 bits per heavy atom. The van der Waals surface area contributed by atoms with Crippen LogP contribution in [0, 0.1) is 0 Å². The SMILES string of the molecule is CC(C)(C)OC(=O)N1CCS[C@H]1C(=O)NC(c1ccccc1)c1ccccn1. The molecule has 0 radical (unpaired) electrons. The van der Waals surface area contributed by atoms with Gasteiger partial charge in [-0.1, -0.05) is 36.4 Å². The van der Waals surface area contributed by atoms with Gasteiger partial charge in [-0.2, -0.15) is 0 Å². The Bertz CT molecular complexity index is 769. The molecule has 28 heavy (non-hydrogen) atoms. The number of carbonyl (C=O) groups is 2. The van der Waals surface area contributed by atoms with Gasteiger partial charge in [0.25, 0.3) is 5.91 Å². The number of carbonyl (C=O) groups excluding carboxylic acids is 2. The zero-order valence-electron chi connectivity index (χ0n) is 16.3. The first-order chi connectivity index (χ1) is 13.3. The van der Waals surface area contributed by atoms with E-state index in [4.69, 9.17) is 4.74 Å². The molecule has 1 saturated heterocycles. The summed E-state index contributed by atoms with van der Waals surface area (Å²) in [6.07, 6.45) is 1.24. The zero-order chi connectivity index (χ0) is 20.1. The highest BCUT2D eigenvalue weighted by Gasteiger charge is 2.38. The number of nitrogens with one attached hydrogen (secondary N) is 1. The minimum atomic E-state index is -0.621. The lowest BCUT2D eigenvalue weighted by Gasteiger charge is -2.28. The Balaban J connectivity index is 1.79. The number of hydrogen-bond donors (Lipinski definition) is 1. The normalized spacial score (nSPS) is 17.8. The van der Waals surface area contributed by atoms with Crippen molar-refractivity contribution in [2.45, 2.75) is 37.8 Å². The van der Waals surface area contributed by atoms with Crippen molar-refractivity contribution in [2.24, 2.45) is 0 Å². The Kier molecular flexibility index (Phi) is 6.24. The fourth-order valence-electron chi connectivity index (χ4n) is 2.93. The quantitative estimate of drug-likeness (QED) is 0.851. The summed E-state index contributed by atoms with van der Waals surface area (Å²) in [5.41, 5.74) is 1.07. The van der Waals surface area contributed by atoms with Gasteiger partial charge < -0.3 is 10.1 Å². The third-order valence-corrected chi connectivity index (χ3v) is 5.35. The topological polar surface area (TPSA) is 71.5 Å². The molecule has 2 aromatic rings. The van der Waals surface area contributed by atoms with Crippen LogP contribution in [-0.2, 0) is 9.53 Å². The van der Waals surface area contributed by atoms with E-state index in [2.05, 4.69) is 10.3 Å². The molecule has 1 N–H and O–H groups in total. The summed E-state index contributed by atoms with van der Waals surface area (Å²) < 4.78 is 5.46. The predicted octanol–water partition coefficient (Wildman–Crippen LogP) is 3.60. The van der Waals surface area contributed by atoms with Gasteiger partial charge in [0, 0.05) is 18.5 Å². The molecule has 1 aliphatic rings. The van der Waals surface area contributed by atoms with Gasteiger partial charge in [0.05, 0.1) is 11.7 Å². The Morgan fingerprint density at radius 3 is 2.54 bits per heavy atom. The minimum absolute atomic E-state index is 0.229. The maximum Gasteiger partial charge on any atom is 0.411 e. The highest BCUT2D eigenvalue weighted by molar-refractivity contribution is 8.00. The summed E-state index contributed by atoms with van der Waals surface area (Å²) in [7, 11) is 0. The number of rotatable bonds is 4. The molecule has 1 fully saturated rings. The number of pyridine rings is 1. The molecule has 0 saturated carbocycles. The number of hydrogen-bond acceptors (Lipinski definition) is 5. The van der Waals surface area contributed by atoms with E-state index >= 15 is 0 Å². The van der Waals surface area contributed by atoms with E-state index in [9.17, 15) is 9.59 Å². The summed E-state index contributed by atoms with van der Waals surface area (Å²) in [5.74, 6) is 0.463. The maximum absolute atomic E-state index is 13.1. The molecule has 2 atom stereocenters. The summed E-state index contributed by atoms with van der Waals surface area (Å²) in [5, 5.41) is 2.45. The Morgan fingerprint density at radius 1 is 1.18 bits per heavy atom. The van der Waals surface area contributed by atoms with Crippen LogP contribution in [-0.4, -0.2) is 45.2 Å². The predicted molar refractivity (Wildman–Crippen MR) is 110 cm³/mol. The molecule has 148 valence electrons. The van der Waals surface area contributed by atoms with Crippen LogP contribution in [0.1, 0.15) is 38.1 Å². The molecular formula is C21H25N3O3S. The van der Waals surface area contributed by atoms with E-state index < -0.39 is 23.1 Å². The number of thioether (sulfide) groups is 1. The Labute approximate surface area is 169 Å². The van der Waals surface area contributed by atoms with Crippen LogP contribution in [0.2, 0.25) is 0 Å². The lowest BCUT2D eigenvalue weighted by molar-refractivity contribution is -0.123. The average molecular weight is 400 g/mol. The van der Waals surface area contributed by atoms with Crippen molar-refractivity contribution < 1.29 is 14.3 Å². The van der Waals surface area contributed by atoms with E-state index in [0.29, 0.717) is 12.3 Å². The van der Waals surface area contributed by atoms with Crippen molar-refractivity contribution in [1.29, 1.82) is 0 Å². The lowest BCUT2D eigenvalue weighted by atomic mass is 10.0. The second-order valence-electron chi connectivity index (χ2n) is 7.50. The van der Waals surface area contributed by atoms with E-state index in [-0.39, 0.29) is 5.91 Å². The average Bonchev–Trinajstić information content (AvgIpc) is 3.16. The number of benzene rings is 1. The van der Waals surface area contributed by atoms with Crippen LogP contribution >= 0.6 is 11.8 Å². The summed E-state index contributed by atoms with van der Waals surface area (Å²) in [4.78, 5) is 31.5. The first-order valence-electron chi connectivity index (χ1n) is 9.22. The van der Waals surface area contributed by atoms with Crippen molar-refractivity contribution in [2.75, 3.05) is 12.3 Å². The van der Waals surface area contributed by atoms with E-state index in [0.717, 1.165) is 11.3 Å². The molecule has 7 heteroatoms. The van der Waals surface area contributed by atoms with Gasteiger partial charge in [0.1, 0.15) is 5.60 Å². The molecule has 0 bridgehead atoms. The van der Waals surface area contributed by atoms with Gasteiger partial charge in [-0.25, -0.2) is 4.79 Å². The summed E-state index contributed by atoms with van der Waals surface area (Å²) in [6, 6.07) is 14.9. The van der Waals surface area contributed by atoms with Gasteiger partial charge >= 0.3 is 6.09 Å². The van der Waals surface area contributed by atoms with Gasteiger partial charge in [-0.15, -0.1) is 11.8 Å².